The fourth-order valence-corrected chi connectivity index (χ4v) is 11.0. The van der Waals surface area contributed by atoms with Crippen molar-refractivity contribution in [3.05, 3.63) is 35.9 Å². The third-order valence-electron chi connectivity index (χ3n) is 8.76. The molecule has 0 bridgehead atoms. The lowest BCUT2D eigenvalue weighted by atomic mass is 9.89. The second kappa shape index (κ2) is 18.7. The molecule has 0 amide bonds. The maximum absolute atomic E-state index is 12.8. The minimum absolute atomic E-state index is 0.0346. The molecule has 1 fully saturated rings. The topological polar surface area (TPSA) is 180 Å². The van der Waals surface area contributed by atoms with Gasteiger partial charge in [0.05, 0.1) is 30.2 Å². The van der Waals surface area contributed by atoms with Gasteiger partial charge in [0.1, 0.15) is 8.42 Å². The first kappa shape index (κ1) is 39.5. The first-order chi connectivity index (χ1) is 22.3. The number of fused-ring (bicyclic) bond motifs is 1. The van der Waals surface area contributed by atoms with Gasteiger partial charge in [-0.05, 0) is 57.6 Å². The van der Waals surface area contributed by atoms with Crippen LogP contribution in [-0.4, -0.2) is 81.1 Å². The van der Waals surface area contributed by atoms with E-state index in [9.17, 15) is 36.9 Å². The van der Waals surface area contributed by atoms with Gasteiger partial charge in [-0.1, -0.05) is 57.4 Å². The normalized spacial score (nSPS) is 26.8. The summed E-state index contributed by atoms with van der Waals surface area (Å²) < 4.78 is 60.1. The number of hydrogen-bond donors (Lipinski definition) is 4. The van der Waals surface area contributed by atoms with Gasteiger partial charge in [0.25, 0.3) is 10.0 Å². The number of sulfonamides is 1. The molecule has 0 unspecified atom stereocenters. The molecule has 1 aromatic rings. The highest BCUT2D eigenvalue weighted by Gasteiger charge is 2.40. The van der Waals surface area contributed by atoms with Gasteiger partial charge in [-0.25, -0.2) is 8.42 Å². The van der Waals surface area contributed by atoms with Gasteiger partial charge in [0.2, 0.25) is 0 Å². The van der Waals surface area contributed by atoms with Crippen LogP contribution < -0.4 is 5.32 Å². The Bertz CT molecular complexity index is 1450. The summed E-state index contributed by atoms with van der Waals surface area (Å²) in [5.74, 6) is -0.783. The molecule has 1 aliphatic heterocycles. The van der Waals surface area contributed by atoms with Crippen molar-refractivity contribution in [2.45, 2.75) is 129 Å². The van der Waals surface area contributed by atoms with Gasteiger partial charge >= 0.3 is 5.97 Å². The summed E-state index contributed by atoms with van der Waals surface area (Å²) in [4.78, 5) is 12.1. The number of carbonyl (C=O) groups excluding carboxylic acids is 1. The molecule has 266 valence electrons. The van der Waals surface area contributed by atoms with Gasteiger partial charge in [0.15, 0.2) is 9.84 Å². The molecule has 7 atom stereocenters. The monoisotopic (exact) mass is 716 g/mol. The summed E-state index contributed by atoms with van der Waals surface area (Å²) in [5, 5.41) is 33.6. The summed E-state index contributed by atoms with van der Waals surface area (Å²) in [5.41, 5.74) is 0.466. The molecule has 4 N–H and O–H groups in total. The van der Waals surface area contributed by atoms with Gasteiger partial charge in [0, 0.05) is 43.0 Å². The van der Waals surface area contributed by atoms with E-state index in [1.807, 2.05) is 25.2 Å². The van der Waals surface area contributed by atoms with Crippen LogP contribution in [0.3, 0.4) is 0 Å². The second-order valence-electron chi connectivity index (χ2n) is 12.4. The van der Waals surface area contributed by atoms with Crippen LogP contribution in [0.1, 0.15) is 103 Å². The number of unbranched alkanes of at least 4 members (excludes halogenated alkanes) is 3. The zero-order chi connectivity index (χ0) is 34.6. The molecular formula is C33H52N2O9S3. The Morgan fingerprint density at radius 2 is 1.91 bits per heavy atom. The maximum atomic E-state index is 12.8. The standard InChI is InChI=1S/C33H52N2O9S3/c1-4-6-9-13-24(36)16-17-26-25(29(37)22-30(26)38)14-10-7-8-11-15-31(39)44-19-12-18-35-47(42,43)32-21-27-28(34-5-2)20-23(3)46(40,41)33(27)45-32/h7,10,16-18,21,23-26,28-30,34,36-38H,4-6,8-9,11-15,19-20,22H2,1-3H3/b10-7-,17-16+,35-18+/t23-,24-,25+,26+,28-,29-,30+/m0/s1. The average Bonchev–Trinajstić information content (AvgIpc) is 3.59. The number of thiophene rings is 1. The highest BCUT2D eigenvalue weighted by molar-refractivity contribution is 7.96. The van der Waals surface area contributed by atoms with Crippen LogP contribution in [0.15, 0.2) is 43.2 Å². The van der Waals surface area contributed by atoms with E-state index in [1.165, 1.54) is 6.07 Å². The van der Waals surface area contributed by atoms with Crippen molar-refractivity contribution < 1.29 is 41.7 Å². The van der Waals surface area contributed by atoms with Crippen molar-refractivity contribution >= 4 is 43.4 Å². The quantitative estimate of drug-likeness (QED) is 0.0683. The van der Waals surface area contributed by atoms with Crippen LogP contribution in [-0.2, 0) is 29.4 Å². The molecule has 0 aromatic carbocycles. The molecular weight excluding hydrogens is 665 g/mol. The number of aliphatic hydroxyl groups is 3. The minimum Gasteiger partial charge on any atom is -0.465 e. The van der Waals surface area contributed by atoms with Crippen molar-refractivity contribution in [1.29, 1.82) is 0 Å². The molecule has 0 saturated heterocycles. The summed E-state index contributed by atoms with van der Waals surface area (Å²) >= 11 is 0.723. The summed E-state index contributed by atoms with van der Waals surface area (Å²) in [6.07, 6.45) is 13.3. The van der Waals surface area contributed by atoms with Crippen LogP contribution in [0.4, 0.5) is 0 Å². The third-order valence-corrected chi connectivity index (χ3v) is 14.4. The molecule has 14 heteroatoms. The zero-order valence-electron chi connectivity index (χ0n) is 27.7. The third kappa shape index (κ3) is 11.3. The van der Waals surface area contributed by atoms with E-state index in [1.54, 1.807) is 13.0 Å². The number of aliphatic hydroxyl groups excluding tert-OH is 3. The van der Waals surface area contributed by atoms with Crippen LogP contribution in [0.2, 0.25) is 0 Å². The molecule has 0 spiro atoms. The lowest BCUT2D eigenvalue weighted by Crippen LogP contribution is -2.33. The summed E-state index contributed by atoms with van der Waals surface area (Å²) in [7, 11) is -7.72. The first-order valence-corrected chi connectivity index (χ1v) is 20.5. The highest BCUT2D eigenvalue weighted by atomic mass is 32.3. The fraction of sp³-hybridized carbons (Fsp3) is 0.697. The van der Waals surface area contributed by atoms with E-state index in [0.29, 0.717) is 50.6 Å². The highest BCUT2D eigenvalue weighted by Crippen LogP contribution is 2.43. The van der Waals surface area contributed by atoms with Crippen LogP contribution in [0, 0.1) is 11.8 Å². The smallest absolute Gasteiger partial charge is 0.305 e. The maximum Gasteiger partial charge on any atom is 0.305 e. The van der Waals surface area contributed by atoms with E-state index < -0.39 is 49.4 Å². The van der Waals surface area contributed by atoms with Gasteiger partial charge in [-0.3, -0.25) is 4.79 Å². The molecule has 1 aromatic heterocycles. The van der Waals surface area contributed by atoms with E-state index in [-0.39, 0.29) is 45.7 Å². The van der Waals surface area contributed by atoms with E-state index in [2.05, 4.69) is 16.6 Å². The summed E-state index contributed by atoms with van der Waals surface area (Å²) in [6.45, 7) is 6.22. The number of carbonyl (C=O) groups is 1. The van der Waals surface area contributed by atoms with Gasteiger partial charge in [-0.2, -0.15) is 12.8 Å². The van der Waals surface area contributed by atoms with E-state index >= 15 is 0 Å². The molecule has 47 heavy (non-hydrogen) atoms. The van der Waals surface area contributed by atoms with E-state index in [4.69, 9.17) is 4.74 Å². The zero-order valence-corrected chi connectivity index (χ0v) is 30.1. The number of rotatable bonds is 19. The summed E-state index contributed by atoms with van der Waals surface area (Å²) in [6, 6.07) is 1.15. The number of nitrogens with one attached hydrogen (secondary N) is 1. The first-order valence-electron chi connectivity index (χ1n) is 16.7. The molecule has 0 radical (unpaired) electrons. The largest absolute Gasteiger partial charge is 0.465 e. The number of sulfone groups is 1. The fourth-order valence-electron chi connectivity index (χ4n) is 6.06. The Morgan fingerprint density at radius 3 is 2.64 bits per heavy atom. The van der Waals surface area contributed by atoms with Crippen molar-refractivity contribution in [2.75, 3.05) is 13.2 Å². The Hall–Kier alpha value is -1.94. The molecule has 2 heterocycles. The Labute approximate surface area is 284 Å². The van der Waals surface area contributed by atoms with Crippen LogP contribution in [0.25, 0.3) is 0 Å². The molecule has 1 saturated carbocycles. The predicted octanol–water partition coefficient (Wildman–Crippen LogP) is 4.63. The Balaban J connectivity index is 1.38. The van der Waals surface area contributed by atoms with Gasteiger partial charge in [-0.15, -0.1) is 11.3 Å². The SMILES string of the molecule is CCCCC[C@H](O)/C=C/[C@@H]1[C@@H](C/C=C\CCCC(=O)OCC/C=N/S(=O)(=O)c2cc3c(s2)S(=O)(=O)[C@@H](C)C[C@@H]3NCC)[C@@H](O)C[C@H]1O. The number of esters is 1. The number of hydrogen-bond acceptors (Lipinski definition) is 11. The number of allylic oxidation sites excluding steroid dienone is 2. The van der Waals surface area contributed by atoms with Crippen molar-refractivity contribution in [3.63, 3.8) is 0 Å². The molecule has 2 aliphatic rings. The van der Waals surface area contributed by atoms with Gasteiger partial charge < -0.3 is 25.4 Å². The second-order valence-corrected chi connectivity index (χ2v) is 17.9. The van der Waals surface area contributed by atoms with Crippen LogP contribution in [0.5, 0.6) is 0 Å². The van der Waals surface area contributed by atoms with Crippen molar-refractivity contribution in [1.82, 2.24) is 5.32 Å². The Morgan fingerprint density at radius 1 is 1.15 bits per heavy atom. The number of nitrogens with zero attached hydrogens (tertiary/aromatic N) is 1. The van der Waals surface area contributed by atoms with Crippen molar-refractivity contribution in [2.24, 2.45) is 16.2 Å². The lowest BCUT2D eigenvalue weighted by Gasteiger charge is -2.27. The molecule has 3 rings (SSSR count). The molecule has 11 nitrogen and oxygen atoms in total. The van der Waals surface area contributed by atoms with E-state index in [0.717, 1.165) is 36.8 Å². The van der Waals surface area contributed by atoms with Crippen LogP contribution >= 0.6 is 11.3 Å². The lowest BCUT2D eigenvalue weighted by molar-refractivity contribution is -0.143. The number of ether oxygens (including phenoxy) is 1. The van der Waals surface area contributed by atoms with Crippen molar-refractivity contribution in [3.8, 4) is 0 Å². The molecule has 1 aliphatic carbocycles. The predicted molar refractivity (Wildman–Crippen MR) is 184 cm³/mol. The average molecular weight is 717 g/mol. The minimum atomic E-state index is -4.11. The Kier molecular flexibility index (Phi) is 15.7.